The van der Waals surface area contributed by atoms with Crippen LogP contribution < -0.4 is 4.90 Å². The second-order valence-corrected chi connectivity index (χ2v) is 4.68. The molecular weight excluding hydrogens is 275 g/mol. The monoisotopic (exact) mass is 288 g/mol. The van der Waals surface area contributed by atoms with Crippen molar-refractivity contribution in [1.29, 1.82) is 0 Å². The van der Waals surface area contributed by atoms with E-state index in [-0.39, 0.29) is 13.2 Å². The molecule has 1 aliphatic rings. The molecule has 0 aliphatic carbocycles. The topological polar surface area (TPSA) is 62.7 Å². The zero-order chi connectivity index (χ0) is 14.8. The molecule has 1 saturated heterocycles. The Labute approximate surface area is 120 Å². The molecule has 1 aromatic carbocycles. The molecule has 21 heavy (non-hydrogen) atoms. The Balaban J connectivity index is 1.90. The van der Waals surface area contributed by atoms with E-state index in [0.717, 1.165) is 0 Å². The van der Waals surface area contributed by atoms with Gasteiger partial charge in [-0.1, -0.05) is 6.07 Å². The molecule has 6 heteroatoms. The summed E-state index contributed by atoms with van der Waals surface area (Å²) in [5.74, 6) is -0.466. The van der Waals surface area contributed by atoms with Crippen molar-refractivity contribution in [2.24, 2.45) is 0 Å². The van der Waals surface area contributed by atoms with Crippen molar-refractivity contribution in [2.45, 2.75) is 6.10 Å². The van der Waals surface area contributed by atoms with Crippen molar-refractivity contribution in [2.75, 3.05) is 18.1 Å². The highest BCUT2D eigenvalue weighted by molar-refractivity contribution is 5.90. The first-order chi connectivity index (χ1) is 10.2. The molecule has 1 fully saturated rings. The average Bonchev–Trinajstić information content (AvgIpc) is 2.89. The van der Waals surface area contributed by atoms with Gasteiger partial charge in [-0.3, -0.25) is 9.88 Å². The van der Waals surface area contributed by atoms with Gasteiger partial charge < -0.3 is 9.84 Å². The minimum absolute atomic E-state index is 0.206. The molecule has 2 aromatic rings. The van der Waals surface area contributed by atoms with Crippen LogP contribution in [0.2, 0.25) is 0 Å². The highest BCUT2D eigenvalue weighted by Crippen LogP contribution is 2.27. The van der Waals surface area contributed by atoms with E-state index in [1.54, 1.807) is 36.5 Å². The van der Waals surface area contributed by atoms with Gasteiger partial charge >= 0.3 is 6.09 Å². The van der Waals surface area contributed by atoms with Crippen LogP contribution in [0.1, 0.15) is 0 Å². The number of benzene rings is 1. The quantitative estimate of drug-likeness (QED) is 0.940. The van der Waals surface area contributed by atoms with Crippen LogP contribution in [0.4, 0.5) is 14.9 Å². The molecule has 1 N–H and O–H groups in total. The molecule has 108 valence electrons. The lowest BCUT2D eigenvalue weighted by molar-refractivity contribution is 0.0963. The van der Waals surface area contributed by atoms with Crippen LogP contribution in [0.5, 0.6) is 0 Å². The summed E-state index contributed by atoms with van der Waals surface area (Å²) in [4.78, 5) is 17.1. The number of rotatable bonds is 3. The molecule has 1 aliphatic heterocycles. The summed E-state index contributed by atoms with van der Waals surface area (Å²) in [7, 11) is 0. The Bertz CT molecular complexity index is 663. The number of pyridine rings is 1. The van der Waals surface area contributed by atoms with E-state index in [2.05, 4.69) is 4.98 Å². The van der Waals surface area contributed by atoms with Gasteiger partial charge in [0.1, 0.15) is 11.9 Å². The van der Waals surface area contributed by atoms with Gasteiger partial charge in [0.2, 0.25) is 0 Å². The number of hydrogen-bond donors (Lipinski definition) is 1. The van der Waals surface area contributed by atoms with Crippen molar-refractivity contribution in [3.8, 4) is 11.3 Å². The summed E-state index contributed by atoms with van der Waals surface area (Å²) in [5.41, 5.74) is 1.29. The van der Waals surface area contributed by atoms with Crippen molar-refractivity contribution in [3.05, 3.63) is 48.4 Å². The Morgan fingerprint density at radius 2 is 2.24 bits per heavy atom. The molecule has 1 atom stereocenters. The molecule has 0 saturated carbocycles. The second-order valence-electron chi connectivity index (χ2n) is 4.68. The standard InChI is InChI=1S/C15H13FN2O3/c16-13-7-10(18-8-11(9-19)21-15(18)20)4-5-12(13)14-3-1-2-6-17-14/h1-7,11,19H,8-9H2/t11-/m1/s1. The predicted octanol–water partition coefficient (Wildman–Crippen LogP) is 2.21. The van der Waals surface area contributed by atoms with E-state index < -0.39 is 18.0 Å². The first-order valence-electron chi connectivity index (χ1n) is 6.49. The number of anilines is 1. The number of aliphatic hydroxyl groups is 1. The van der Waals surface area contributed by atoms with Crippen LogP contribution in [0.25, 0.3) is 11.3 Å². The van der Waals surface area contributed by atoms with E-state index in [9.17, 15) is 9.18 Å². The average molecular weight is 288 g/mol. The zero-order valence-electron chi connectivity index (χ0n) is 11.1. The van der Waals surface area contributed by atoms with Crippen molar-refractivity contribution in [1.82, 2.24) is 4.98 Å². The van der Waals surface area contributed by atoms with E-state index in [1.807, 2.05) is 0 Å². The predicted molar refractivity (Wildman–Crippen MR) is 74.3 cm³/mol. The molecule has 0 radical (unpaired) electrons. The van der Waals surface area contributed by atoms with E-state index in [4.69, 9.17) is 9.84 Å². The number of halogens is 1. The maximum absolute atomic E-state index is 14.2. The SMILES string of the molecule is O=C1O[C@@H](CO)CN1c1ccc(-c2ccccn2)c(F)c1. The van der Waals surface area contributed by atoms with E-state index in [1.165, 1.54) is 11.0 Å². The normalized spacial score (nSPS) is 17.9. The molecule has 2 heterocycles. The summed E-state index contributed by atoms with van der Waals surface area (Å²) >= 11 is 0. The molecule has 3 rings (SSSR count). The number of aliphatic hydroxyl groups excluding tert-OH is 1. The third kappa shape index (κ3) is 2.57. The molecule has 1 aromatic heterocycles. The van der Waals surface area contributed by atoms with Gasteiger partial charge in [-0.25, -0.2) is 9.18 Å². The number of amides is 1. The van der Waals surface area contributed by atoms with Gasteiger partial charge in [-0.2, -0.15) is 0 Å². The summed E-state index contributed by atoms with van der Waals surface area (Å²) in [6.07, 6.45) is 0.432. The minimum Gasteiger partial charge on any atom is -0.441 e. The summed E-state index contributed by atoms with van der Waals surface area (Å²) < 4.78 is 19.2. The van der Waals surface area contributed by atoms with Crippen molar-refractivity contribution >= 4 is 11.8 Å². The third-order valence-corrected chi connectivity index (χ3v) is 3.28. The highest BCUT2D eigenvalue weighted by Gasteiger charge is 2.32. The fourth-order valence-electron chi connectivity index (χ4n) is 2.23. The van der Waals surface area contributed by atoms with E-state index >= 15 is 0 Å². The number of carbonyl (C=O) groups excluding carboxylic acids is 1. The number of cyclic esters (lactones) is 1. The van der Waals surface area contributed by atoms with Gasteiger partial charge in [0.25, 0.3) is 0 Å². The van der Waals surface area contributed by atoms with Gasteiger partial charge in [-0.15, -0.1) is 0 Å². The van der Waals surface area contributed by atoms with E-state index in [0.29, 0.717) is 16.9 Å². The number of hydrogen-bond acceptors (Lipinski definition) is 4. The van der Waals surface area contributed by atoms with Gasteiger partial charge in [0.05, 0.1) is 24.5 Å². The highest BCUT2D eigenvalue weighted by atomic mass is 19.1. The van der Waals surface area contributed by atoms with Crippen LogP contribution in [-0.2, 0) is 4.74 Å². The molecule has 0 bridgehead atoms. The number of ether oxygens (including phenoxy) is 1. The van der Waals surface area contributed by atoms with Gasteiger partial charge in [-0.05, 0) is 30.3 Å². The first kappa shape index (κ1) is 13.5. The number of aromatic nitrogens is 1. The van der Waals surface area contributed by atoms with Crippen LogP contribution in [-0.4, -0.2) is 35.4 Å². The maximum atomic E-state index is 14.2. The molecule has 1 amide bonds. The minimum atomic E-state index is -0.584. The lowest BCUT2D eigenvalue weighted by Crippen LogP contribution is -2.25. The molecule has 0 unspecified atom stereocenters. The summed E-state index contributed by atoms with van der Waals surface area (Å²) in [5, 5.41) is 9.01. The van der Waals surface area contributed by atoms with Gasteiger partial charge in [0.15, 0.2) is 0 Å². The lowest BCUT2D eigenvalue weighted by atomic mass is 10.1. The largest absolute Gasteiger partial charge is 0.441 e. The Morgan fingerprint density at radius 3 is 2.86 bits per heavy atom. The molecular formula is C15H13FN2O3. The second kappa shape index (κ2) is 5.49. The molecule has 5 nitrogen and oxygen atoms in total. The van der Waals surface area contributed by atoms with Gasteiger partial charge in [0, 0.05) is 11.8 Å². The Morgan fingerprint density at radius 1 is 1.38 bits per heavy atom. The first-order valence-corrected chi connectivity index (χ1v) is 6.49. The Hall–Kier alpha value is -2.47. The Kier molecular flexibility index (Phi) is 3.53. The van der Waals surface area contributed by atoms with Crippen LogP contribution in [0.3, 0.4) is 0 Å². The smallest absolute Gasteiger partial charge is 0.414 e. The van der Waals surface area contributed by atoms with Crippen LogP contribution in [0.15, 0.2) is 42.6 Å². The number of nitrogens with zero attached hydrogens (tertiary/aromatic N) is 2. The fraction of sp³-hybridized carbons (Fsp3) is 0.200. The van der Waals surface area contributed by atoms with Crippen LogP contribution in [0, 0.1) is 5.82 Å². The number of carbonyl (C=O) groups is 1. The summed E-state index contributed by atoms with van der Waals surface area (Å²) in [6.45, 7) is -0.0472. The lowest BCUT2D eigenvalue weighted by Gasteiger charge is -2.14. The molecule has 0 spiro atoms. The summed E-state index contributed by atoms with van der Waals surface area (Å²) in [6, 6.07) is 9.72. The van der Waals surface area contributed by atoms with Crippen molar-refractivity contribution < 1.29 is 19.0 Å². The third-order valence-electron chi connectivity index (χ3n) is 3.28. The fourth-order valence-corrected chi connectivity index (χ4v) is 2.23. The maximum Gasteiger partial charge on any atom is 0.414 e. The van der Waals surface area contributed by atoms with Crippen LogP contribution >= 0.6 is 0 Å². The zero-order valence-corrected chi connectivity index (χ0v) is 11.1. The van der Waals surface area contributed by atoms with Crippen molar-refractivity contribution in [3.63, 3.8) is 0 Å².